The maximum atomic E-state index is 11.6. The van der Waals surface area contributed by atoms with Crippen LogP contribution >= 0.6 is 0 Å². The van der Waals surface area contributed by atoms with Crippen LogP contribution in [0.2, 0.25) is 0 Å². The van der Waals surface area contributed by atoms with Gasteiger partial charge in [-0.1, -0.05) is 26.0 Å². The highest BCUT2D eigenvalue weighted by atomic mass is 16.5. The predicted molar refractivity (Wildman–Crippen MR) is 65.9 cm³/mol. The number of hydrogen-bond donors (Lipinski definition) is 1. The van der Waals surface area contributed by atoms with Crippen LogP contribution in [0.3, 0.4) is 0 Å². The second kappa shape index (κ2) is 6.03. The van der Waals surface area contributed by atoms with Crippen LogP contribution < -0.4 is 5.32 Å². The number of hydrogen-bond acceptors (Lipinski definition) is 3. The predicted octanol–water partition coefficient (Wildman–Crippen LogP) is 2.46. The van der Waals surface area contributed by atoms with Gasteiger partial charge in [0.1, 0.15) is 0 Å². The van der Waals surface area contributed by atoms with Crippen LogP contribution in [0.1, 0.15) is 30.6 Å². The van der Waals surface area contributed by atoms with Crippen molar-refractivity contribution in [1.29, 1.82) is 0 Å². The number of amides is 1. The smallest absolute Gasteiger partial charge is 0.339 e. The van der Waals surface area contributed by atoms with E-state index in [1.54, 1.807) is 24.3 Å². The molecule has 1 rings (SSSR count). The van der Waals surface area contributed by atoms with Gasteiger partial charge in [0.05, 0.1) is 18.4 Å². The van der Waals surface area contributed by atoms with E-state index in [4.69, 9.17) is 0 Å². The Kier molecular flexibility index (Phi) is 4.69. The summed E-state index contributed by atoms with van der Waals surface area (Å²) in [6.07, 6.45) is 0.426. The standard InChI is InChI=1S/C13H17NO3/c1-9(2)8-12(15)14-11-7-5-4-6-10(11)13(16)17-3/h4-7,9H,8H2,1-3H3,(H,14,15). The average Bonchev–Trinajstić information content (AvgIpc) is 2.27. The van der Waals surface area contributed by atoms with Crippen LogP contribution in [0.5, 0.6) is 0 Å². The third-order valence-electron chi connectivity index (χ3n) is 2.20. The summed E-state index contributed by atoms with van der Waals surface area (Å²) in [5.74, 6) is -0.276. The summed E-state index contributed by atoms with van der Waals surface area (Å²) in [6, 6.07) is 6.79. The Labute approximate surface area is 101 Å². The molecule has 0 bridgehead atoms. The molecule has 0 atom stereocenters. The maximum Gasteiger partial charge on any atom is 0.339 e. The summed E-state index contributed by atoms with van der Waals surface area (Å²) in [4.78, 5) is 23.1. The quantitative estimate of drug-likeness (QED) is 0.815. The first-order chi connectivity index (χ1) is 8.04. The number of benzene rings is 1. The molecule has 1 N–H and O–H groups in total. The van der Waals surface area contributed by atoms with Crippen molar-refractivity contribution in [2.45, 2.75) is 20.3 Å². The molecule has 0 aliphatic carbocycles. The minimum Gasteiger partial charge on any atom is -0.465 e. The van der Waals surface area contributed by atoms with Crippen LogP contribution in [0.25, 0.3) is 0 Å². The number of para-hydroxylation sites is 1. The van der Waals surface area contributed by atoms with E-state index < -0.39 is 5.97 Å². The van der Waals surface area contributed by atoms with Crippen molar-refractivity contribution in [1.82, 2.24) is 0 Å². The lowest BCUT2D eigenvalue weighted by Crippen LogP contribution is -2.16. The van der Waals surface area contributed by atoms with Gasteiger partial charge in [-0.15, -0.1) is 0 Å². The van der Waals surface area contributed by atoms with E-state index in [1.807, 2.05) is 13.8 Å². The van der Waals surface area contributed by atoms with Crippen LogP contribution in [0.4, 0.5) is 5.69 Å². The number of anilines is 1. The lowest BCUT2D eigenvalue weighted by atomic mass is 10.1. The lowest BCUT2D eigenvalue weighted by Gasteiger charge is -2.10. The van der Waals surface area contributed by atoms with Gasteiger partial charge in [0, 0.05) is 6.42 Å². The average molecular weight is 235 g/mol. The number of carbonyl (C=O) groups is 2. The van der Waals surface area contributed by atoms with E-state index in [-0.39, 0.29) is 11.8 Å². The van der Waals surface area contributed by atoms with Crippen LogP contribution in [0, 0.1) is 5.92 Å². The van der Waals surface area contributed by atoms with Crippen molar-refractivity contribution in [3.63, 3.8) is 0 Å². The molecule has 92 valence electrons. The Balaban J connectivity index is 2.83. The van der Waals surface area contributed by atoms with Gasteiger partial charge in [0.25, 0.3) is 0 Å². The van der Waals surface area contributed by atoms with Crippen molar-refractivity contribution in [2.75, 3.05) is 12.4 Å². The molecule has 0 radical (unpaired) electrons. The minimum atomic E-state index is -0.453. The Bertz CT molecular complexity index is 413. The summed E-state index contributed by atoms with van der Waals surface area (Å²) in [5.41, 5.74) is 0.858. The van der Waals surface area contributed by atoms with Gasteiger partial charge in [-0.25, -0.2) is 4.79 Å². The molecule has 0 unspecified atom stereocenters. The second-order valence-electron chi connectivity index (χ2n) is 4.18. The molecule has 1 amide bonds. The summed E-state index contributed by atoms with van der Waals surface area (Å²) in [5, 5.41) is 2.72. The maximum absolute atomic E-state index is 11.6. The van der Waals surface area contributed by atoms with Crippen molar-refractivity contribution in [3.8, 4) is 0 Å². The molecule has 0 aliphatic rings. The third kappa shape index (κ3) is 3.90. The van der Waals surface area contributed by atoms with Crippen molar-refractivity contribution in [3.05, 3.63) is 29.8 Å². The number of esters is 1. The molecule has 17 heavy (non-hydrogen) atoms. The number of nitrogens with one attached hydrogen (secondary N) is 1. The Hall–Kier alpha value is -1.84. The number of methoxy groups -OCH3 is 1. The molecule has 4 nitrogen and oxygen atoms in total. The van der Waals surface area contributed by atoms with E-state index in [0.29, 0.717) is 17.7 Å². The van der Waals surface area contributed by atoms with Crippen molar-refractivity contribution < 1.29 is 14.3 Å². The fraction of sp³-hybridized carbons (Fsp3) is 0.385. The highest BCUT2D eigenvalue weighted by Gasteiger charge is 2.13. The lowest BCUT2D eigenvalue weighted by molar-refractivity contribution is -0.116. The zero-order valence-corrected chi connectivity index (χ0v) is 10.3. The summed E-state index contributed by atoms with van der Waals surface area (Å²) in [7, 11) is 1.31. The zero-order valence-electron chi connectivity index (χ0n) is 10.3. The van der Waals surface area contributed by atoms with E-state index >= 15 is 0 Å². The van der Waals surface area contributed by atoms with Gasteiger partial charge in [0.2, 0.25) is 5.91 Å². The molecular weight excluding hydrogens is 218 g/mol. The van der Waals surface area contributed by atoms with Gasteiger partial charge in [0.15, 0.2) is 0 Å². The number of rotatable bonds is 4. The van der Waals surface area contributed by atoms with E-state index in [1.165, 1.54) is 7.11 Å². The molecule has 0 saturated carbocycles. The van der Waals surface area contributed by atoms with Crippen LogP contribution in [-0.2, 0) is 9.53 Å². The molecule has 4 heteroatoms. The topological polar surface area (TPSA) is 55.4 Å². The Morgan fingerprint density at radius 3 is 2.53 bits per heavy atom. The SMILES string of the molecule is COC(=O)c1ccccc1NC(=O)CC(C)C. The van der Waals surface area contributed by atoms with Gasteiger partial charge < -0.3 is 10.1 Å². The van der Waals surface area contributed by atoms with Crippen LogP contribution in [-0.4, -0.2) is 19.0 Å². The van der Waals surface area contributed by atoms with Crippen molar-refractivity contribution in [2.24, 2.45) is 5.92 Å². The molecule has 0 aliphatic heterocycles. The third-order valence-corrected chi connectivity index (χ3v) is 2.20. The first-order valence-electron chi connectivity index (χ1n) is 5.51. The van der Waals surface area contributed by atoms with E-state index in [9.17, 15) is 9.59 Å². The first kappa shape index (κ1) is 13.2. The first-order valence-corrected chi connectivity index (χ1v) is 5.51. The molecule has 0 aromatic heterocycles. The second-order valence-corrected chi connectivity index (χ2v) is 4.18. The van der Waals surface area contributed by atoms with Gasteiger partial charge in [-0.3, -0.25) is 4.79 Å². The van der Waals surface area contributed by atoms with E-state index in [0.717, 1.165) is 0 Å². The van der Waals surface area contributed by atoms with E-state index in [2.05, 4.69) is 10.1 Å². The summed E-state index contributed by atoms with van der Waals surface area (Å²) < 4.78 is 4.65. The number of carbonyl (C=O) groups excluding carboxylic acids is 2. The molecule has 0 saturated heterocycles. The van der Waals surface area contributed by atoms with Crippen LogP contribution in [0.15, 0.2) is 24.3 Å². The highest BCUT2D eigenvalue weighted by Crippen LogP contribution is 2.16. The van der Waals surface area contributed by atoms with Gasteiger partial charge in [-0.2, -0.15) is 0 Å². The number of ether oxygens (including phenoxy) is 1. The minimum absolute atomic E-state index is 0.101. The van der Waals surface area contributed by atoms with Gasteiger partial charge >= 0.3 is 5.97 Å². The molecule has 0 heterocycles. The molecule has 0 fully saturated rings. The van der Waals surface area contributed by atoms with Crippen molar-refractivity contribution >= 4 is 17.6 Å². The summed E-state index contributed by atoms with van der Waals surface area (Å²) >= 11 is 0. The summed E-state index contributed by atoms with van der Waals surface area (Å²) in [6.45, 7) is 3.93. The fourth-order valence-electron chi connectivity index (χ4n) is 1.45. The monoisotopic (exact) mass is 235 g/mol. The molecule has 1 aromatic rings. The molecule has 1 aromatic carbocycles. The Morgan fingerprint density at radius 1 is 1.29 bits per heavy atom. The largest absolute Gasteiger partial charge is 0.465 e. The molecule has 0 spiro atoms. The zero-order chi connectivity index (χ0) is 12.8. The normalized spacial score (nSPS) is 10.1. The Morgan fingerprint density at radius 2 is 1.94 bits per heavy atom. The van der Waals surface area contributed by atoms with Gasteiger partial charge in [-0.05, 0) is 18.1 Å². The molecular formula is C13H17NO3. The fourth-order valence-corrected chi connectivity index (χ4v) is 1.45. The highest BCUT2D eigenvalue weighted by molar-refractivity contribution is 6.01.